The summed E-state index contributed by atoms with van der Waals surface area (Å²) in [7, 11) is 0. The van der Waals surface area contributed by atoms with Crippen molar-refractivity contribution in [3.8, 4) is 11.8 Å². The maximum absolute atomic E-state index is 12.3. The highest BCUT2D eigenvalue weighted by atomic mass is 35.5. The van der Waals surface area contributed by atoms with Crippen LogP contribution in [0.4, 0.5) is 5.69 Å². The van der Waals surface area contributed by atoms with Gasteiger partial charge in [-0.05, 0) is 47.5 Å². The fourth-order valence-electron chi connectivity index (χ4n) is 2.56. The van der Waals surface area contributed by atoms with Crippen LogP contribution in [0.3, 0.4) is 0 Å². The monoisotopic (exact) mass is 404 g/mol. The maximum Gasteiger partial charge on any atom is 0.343 e. The van der Waals surface area contributed by atoms with Crippen molar-refractivity contribution in [1.82, 2.24) is 0 Å². The zero-order valence-corrected chi connectivity index (χ0v) is 15.7. The number of allylic oxidation sites excluding steroid dienone is 1. The molecule has 0 atom stereocenters. The number of hydrogen-bond donors (Lipinski definition) is 0. The number of hydrogen-bond acceptors (Lipinski definition) is 5. The molecule has 0 aliphatic carbocycles. The van der Waals surface area contributed by atoms with E-state index in [0.29, 0.717) is 21.7 Å². The molecule has 0 amide bonds. The summed E-state index contributed by atoms with van der Waals surface area (Å²) in [4.78, 5) is 22.6. The summed E-state index contributed by atoms with van der Waals surface area (Å²) in [5.41, 5.74) is 1.65. The molecule has 0 bridgehead atoms. The van der Waals surface area contributed by atoms with Crippen molar-refractivity contribution in [1.29, 1.82) is 5.26 Å². The Hall–Kier alpha value is -3.95. The molecule has 142 valence electrons. The molecule has 0 saturated heterocycles. The SMILES string of the molecule is N#C/C(=C/c1cccc(OC(=O)c2cccc([N+](=O)[O-])c2)c1)c1ccc(Cl)cc1. The van der Waals surface area contributed by atoms with Gasteiger partial charge in [0, 0.05) is 17.2 Å². The number of benzene rings is 3. The molecule has 0 N–H and O–H groups in total. The third-order valence-electron chi connectivity index (χ3n) is 3.95. The topological polar surface area (TPSA) is 93.2 Å². The standard InChI is InChI=1S/C22H13ClN2O4/c23-19-9-7-16(8-10-19)18(14-24)11-15-3-1-6-21(12-15)29-22(26)17-4-2-5-20(13-17)25(27)28/h1-13H/b18-11-. The first-order valence-corrected chi connectivity index (χ1v) is 8.78. The number of nitriles is 1. The second-order valence-corrected chi connectivity index (χ2v) is 6.38. The Labute approximate surface area is 171 Å². The van der Waals surface area contributed by atoms with Crippen molar-refractivity contribution in [2.75, 3.05) is 0 Å². The minimum absolute atomic E-state index is 0.0685. The van der Waals surface area contributed by atoms with Gasteiger partial charge in [0.25, 0.3) is 5.69 Å². The van der Waals surface area contributed by atoms with E-state index in [1.165, 1.54) is 18.2 Å². The van der Waals surface area contributed by atoms with Gasteiger partial charge in [-0.1, -0.05) is 41.9 Å². The average Bonchev–Trinajstić information content (AvgIpc) is 2.73. The summed E-state index contributed by atoms with van der Waals surface area (Å²) in [6.07, 6.45) is 1.66. The van der Waals surface area contributed by atoms with Gasteiger partial charge in [0.2, 0.25) is 0 Å². The van der Waals surface area contributed by atoms with E-state index in [1.54, 1.807) is 54.6 Å². The summed E-state index contributed by atoms with van der Waals surface area (Å²) in [5, 5.41) is 20.9. The minimum Gasteiger partial charge on any atom is -0.423 e. The molecule has 3 aromatic rings. The Balaban J connectivity index is 1.83. The molecule has 0 aliphatic heterocycles. The van der Waals surface area contributed by atoms with Gasteiger partial charge in [-0.2, -0.15) is 5.26 Å². The summed E-state index contributed by atoms with van der Waals surface area (Å²) >= 11 is 5.88. The number of nitro groups is 1. The van der Waals surface area contributed by atoms with E-state index >= 15 is 0 Å². The third-order valence-corrected chi connectivity index (χ3v) is 4.20. The smallest absolute Gasteiger partial charge is 0.343 e. The quantitative estimate of drug-likeness (QED) is 0.139. The molecule has 6 nitrogen and oxygen atoms in total. The van der Waals surface area contributed by atoms with Crippen molar-refractivity contribution in [2.45, 2.75) is 0 Å². The normalized spacial score (nSPS) is 10.8. The van der Waals surface area contributed by atoms with Crippen molar-refractivity contribution in [3.63, 3.8) is 0 Å². The number of esters is 1. The lowest BCUT2D eigenvalue weighted by molar-refractivity contribution is -0.384. The van der Waals surface area contributed by atoms with Gasteiger partial charge in [-0.3, -0.25) is 10.1 Å². The van der Waals surface area contributed by atoms with Crippen LogP contribution >= 0.6 is 11.6 Å². The zero-order chi connectivity index (χ0) is 20.8. The number of halogens is 1. The molecule has 0 radical (unpaired) electrons. The van der Waals surface area contributed by atoms with Crippen LogP contribution in [0.1, 0.15) is 21.5 Å². The van der Waals surface area contributed by atoms with Gasteiger partial charge >= 0.3 is 5.97 Å². The number of rotatable bonds is 5. The van der Waals surface area contributed by atoms with E-state index in [1.807, 2.05) is 0 Å². The summed E-state index contributed by atoms with van der Waals surface area (Å²) in [5.74, 6) is -0.461. The second kappa shape index (κ2) is 8.83. The van der Waals surface area contributed by atoms with Crippen LogP contribution in [0.5, 0.6) is 5.75 Å². The molecule has 3 aromatic carbocycles. The summed E-state index contributed by atoms with van der Waals surface area (Å²) in [6, 6.07) is 20.9. The third kappa shape index (κ3) is 5.06. The molecule has 0 saturated carbocycles. The fraction of sp³-hybridized carbons (Fsp3) is 0. The average molecular weight is 405 g/mol. The molecule has 0 heterocycles. The molecule has 0 aliphatic rings. The largest absolute Gasteiger partial charge is 0.423 e. The lowest BCUT2D eigenvalue weighted by Gasteiger charge is -2.06. The van der Waals surface area contributed by atoms with Crippen LogP contribution in [-0.2, 0) is 0 Å². The first kappa shape index (κ1) is 19.8. The Morgan fingerprint density at radius 3 is 2.45 bits per heavy atom. The molecule has 0 fully saturated rings. The van der Waals surface area contributed by atoms with Crippen LogP contribution < -0.4 is 4.74 Å². The van der Waals surface area contributed by atoms with Gasteiger partial charge in [0.05, 0.1) is 22.1 Å². The van der Waals surface area contributed by atoms with E-state index in [0.717, 1.165) is 6.07 Å². The van der Waals surface area contributed by atoms with Gasteiger partial charge in [0.1, 0.15) is 5.75 Å². The number of carbonyl (C=O) groups excluding carboxylic acids is 1. The lowest BCUT2D eigenvalue weighted by Crippen LogP contribution is -2.08. The highest BCUT2D eigenvalue weighted by Gasteiger charge is 2.13. The summed E-state index contributed by atoms with van der Waals surface area (Å²) < 4.78 is 5.32. The zero-order valence-electron chi connectivity index (χ0n) is 14.9. The van der Waals surface area contributed by atoms with Crippen molar-refractivity contribution >= 4 is 34.9 Å². The van der Waals surface area contributed by atoms with Gasteiger partial charge in [-0.25, -0.2) is 4.79 Å². The van der Waals surface area contributed by atoms with Crippen LogP contribution in [0.2, 0.25) is 5.02 Å². The van der Waals surface area contributed by atoms with E-state index in [-0.39, 0.29) is 17.0 Å². The predicted octanol–water partition coefficient (Wildman–Crippen LogP) is 5.53. The molecule has 3 rings (SSSR count). The van der Waals surface area contributed by atoms with E-state index in [2.05, 4.69) is 6.07 Å². The van der Waals surface area contributed by atoms with E-state index in [4.69, 9.17) is 16.3 Å². The second-order valence-electron chi connectivity index (χ2n) is 5.95. The molecular weight excluding hydrogens is 392 g/mol. The first-order chi connectivity index (χ1) is 14.0. The Kier molecular flexibility index (Phi) is 6.03. The molecule has 0 spiro atoms. The first-order valence-electron chi connectivity index (χ1n) is 8.41. The highest BCUT2D eigenvalue weighted by molar-refractivity contribution is 6.30. The molecule has 7 heteroatoms. The van der Waals surface area contributed by atoms with Gasteiger partial charge in [0.15, 0.2) is 0 Å². The molecule has 0 aromatic heterocycles. The van der Waals surface area contributed by atoms with Crippen LogP contribution in [0.25, 0.3) is 11.6 Å². The molecule has 29 heavy (non-hydrogen) atoms. The van der Waals surface area contributed by atoms with Crippen molar-refractivity contribution in [3.05, 3.63) is 105 Å². The summed E-state index contributed by atoms with van der Waals surface area (Å²) in [6.45, 7) is 0. The number of non-ortho nitro benzene ring substituents is 1. The van der Waals surface area contributed by atoms with E-state index in [9.17, 15) is 20.2 Å². The fourth-order valence-corrected chi connectivity index (χ4v) is 2.68. The van der Waals surface area contributed by atoms with Crippen LogP contribution in [0, 0.1) is 21.4 Å². The van der Waals surface area contributed by atoms with Crippen LogP contribution in [-0.4, -0.2) is 10.9 Å². The molecular formula is C22H13ClN2O4. The van der Waals surface area contributed by atoms with E-state index < -0.39 is 10.9 Å². The molecule has 0 unspecified atom stereocenters. The number of nitro benzene ring substituents is 1. The predicted molar refractivity (Wildman–Crippen MR) is 109 cm³/mol. The van der Waals surface area contributed by atoms with Crippen LogP contribution in [0.15, 0.2) is 72.8 Å². The highest BCUT2D eigenvalue weighted by Crippen LogP contribution is 2.23. The van der Waals surface area contributed by atoms with Crippen molar-refractivity contribution < 1.29 is 14.5 Å². The lowest BCUT2D eigenvalue weighted by atomic mass is 10.0. The Morgan fingerprint density at radius 1 is 1.03 bits per heavy atom. The maximum atomic E-state index is 12.3. The van der Waals surface area contributed by atoms with Gasteiger partial charge < -0.3 is 4.74 Å². The minimum atomic E-state index is -0.715. The Morgan fingerprint density at radius 2 is 1.76 bits per heavy atom. The number of carbonyl (C=O) groups is 1. The van der Waals surface area contributed by atoms with Gasteiger partial charge in [-0.15, -0.1) is 0 Å². The Bertz CT molecular complexity index is 1150. The number of nitrogens with zero attached hydrogens (tertiary/aromatic N) is 2. The van der Waals surface area contributed by atoms with Crippen molar-refractivity contribution in [2.24, 2.45) is 0 Å². The number of ether oxygens (including phenoxy) is 1.